The molecule has 0 amide bonds. The van der Waals surface area contributed by atoms with Crippen LogP contribution in [0.3, 0.4) is 0 Å². The van der Waals surface area contributed by atoms with E-state index in [0.717, 1.165) is 0 Å². The molecule has 4 heteroatoms. The Kier molecular flexibility index (Phi) is 3.22. The summed E-state index contributed by atoms with van der Waals surface area (Å²) in [5, 5.41) is 0.196. The monoisotopic (exact) mass is 229 g/mol. The molecule has 0 fully saturated rings. The number of aromatic nitrogens is 1. The molecule has 0 N–H and O–H groups in total. The molecule has 3 nitrogen and oxygen atoms in total. The predicted octanol–water partition coefficient (Wildman–Crippen LogP) is 1.69. The maximum absolute atomic E-state index is 10.8. The molecule has 0 aromatic carbocycles. The van der Waals surface area contributed by atoms with Crippen LogP contribution in [0.1, 0.15) is 5.69 Å². The molecule has 0 aliphatic heterocycles. The second-order valence-corrected chi connectivity index (χ2v) is 2.76. The van der Waals surface area contributed by atoms with Gasteiger partial charge in [0.05, 0.1) is 5.69 Å². The van der Waals surface area contributed by atoms with Gasteiger partial charge in [0.25, 0.3) is 0 Å². The molecule has 0 unspecified atom stereocenters. The molecule has 0 aliphatic rings. The molecule has 1 heterocycles. The van der Waals surface area contributed by atoms with Crippen molar-refractivity contribution in [2.45, 2.75) is 6.92 Å². The lowest BCUT2D eigenvalue weighted by Gasteiger charge is -2.03. The Morgan fingerprint density at radius 1 is 1.75 bits per heavy atom. The Balaban J connectivity index is 2.75. The van der Waals surface area contributed by atoms with Gasteiger partial charge in [-0.15, -0.1) is 0 Å². The number of aryl methyl sites for hydroxylation is 1. The maximum atomic E-state index is 10.8. The highest BCUT2D eigenvalue weighted by atomic mass is 79.9. The fraction of sp³-hybridized carbons (Fsp3) is 0.250. The second kappa shape index (κ2) is 4.21. The Bertz CT molecular complexity index is 288. The minimum Gasteiger partial charge on any atom is -0.424 e. The highest BCUT2D eigenvalue weighted by Crippen LogP contribution is 2.13. The number of ether oxygens (including phenoxy) is 1. The van der Waals surface area contributed by atoms with Crippen LogP contribution in [0.15, 0.2) is 18.3 Å². The summed E-state index contributed by atoms with van der Waals surface area (Å²) in [7, 11) is 0. The Morgan fingerprint density at radius 2 is 2.50 bits per heavy atom. The van der Waals surface area contributed by atoms with Crippen LogP contribution in [0.5, 0.6) is 5.75 Å². The topological polar surface area (TPSA) is 39.2 Å². The van der Waals surface area contributed by atoms with Gasteiger partial charge in [0.15, 0.2) is 5.75 Å². The summed E-state index contributed by atoms with van der Waals surface area (Å²) in [6.45, 7) is 1.79. The fourth-order valence-electron chi connectivity index (χ4n) is 0.727. The molecule has 1 aromatic heterocycles. The molecule has 0 aliphatic carbocycles. The van der Waals surface area contributed by atoms with Crippen LogP contribution < -0.4 is 4.74 Å². The number of nitrogens with zero attached hydrogens (tertiary/aromatic N) is 1. The second-order valence-electron chi connectivity index (χ2n) is 2.19. The number of halogens is 1. The molecule has 1 rings (SSSR count). The molecule has 1 aromatic rings. The lowest BCUT2D eigenvalue weighted by molar-refractivity contribution is -0.131. The highest BCUT2D eigenvalue weighted by molar-refractivity contribution is 9.09. The van der Waals surface area contributed by atoms with E-state index in [1.165, 1.54) is 0 Å². The van der Waals surface area contributed by atoms with E-state index >= 15 is 0 Å². The first kappa shape index (κ1) is 9.19. The quantitative estimate of drug-likeness (QED) is 0.573. The molecular weight excluding hydrogens is 222 g/mol. The van der Waals surface area contributed by atoms with E-state index in [1.807, 2.05) is 0 Å². The molecule has 0 radical (unpaired) electrons. The smallest absolute Gasteiger partial charge is 0.322 e. The average Bonchev–Trinajstić information content (AvgIpc) is 2.09. The van der Waals surface area contributed by atoms with E-state index in [1.54, 1.807) is 25.3 Å². The molecule has 0 bridgehead atoms. The molecule has 0 saturated carbocycles. The Hall–Kier alpha value is -0.900. The number of carbonyl (C=O) groups excluding carboxylic acids is 1. The number of hydrogen-bond donors (Lipinski definition) is 0. The van der Waals surface area contributed by atoms with Crippen molar-refractivity contribution in [1.82, 2.24) is 4.98 Å². The largest absolute Gasteiger partial charge is 0.424 e. The van der Waals surface area contributed by atoms with Crippen molar-refractivity contribution in [2.24, 2.45) is 0 Å². The number of carbonyl (C=O) groups is 1. The Morgan fingerprint density at radius 3 is 3.08 bits per heavy atom. The average molecular weight is 230 g/mol. The number of alkyl halides is 1. The first-order valence-corrected chi connectivity index (χ1v) is 4.54. The lowest BCUT2D eigenvalue weighted by Crippen LogP contribution is -2.09. The first-order valence-electron chi connectivity index (χ1n) is 3.42. The van der Waals surface area contributed by atoms with Crippen LogP contribution in [0.25, 0.3) is 0 Å². The molecule has 12 heavy (non-hydrogen) atoms. The van der Waals surface area contributed by atoms with E-state index in [4.69, 9.17) is 4.74 Å². The van der Waals surface area contributed by atoms with Crippen LogP contribution in [0, 0.1) is 6.92 Å². The van der Waals surface area contributed by atoms with E-state index in [9.17, 15) is 4.79 Å². The van der Waals surface area contributed by atoms with Gasteiger partial charge in [0.2, 0.25) is 0 Å². The third kappa shape index (κ3) is 2.30. The third-order valence-corrected chi connectivity index (χ3v) is 1.75. The van der Waals surface area contributed by atoms with E-state index in [-0.39, 0.29) is 11.3 Å². The summed E-state index contributed by atoms with van der Waals surface area (Å²) < 4.78 is 4.95. The third-order valence-electron chi connectivity index (χ3n) is 1.29. The lowest BCUT2D eigenvalue weighted by atomic mass is 10.3. The summed E-state index contributed by atoms with van der Waals surface area (Å²) in [6.07, 6.45) is 1.65. The number of hydrogen-bond acceptors (Lipinski definition) is 3. The minimum atomic E-state index is -0.314. The Labute approximate surface area is 78.9 Å². The van der Waals surface area contributed by atoms with E-state index in [2.05, 4.69) is 20.9 Å². The van der Waals surface area contributed by atoms with Crippen molar-refractivity contribution >= 4 is 21.9 Å². The first-order chi connectivity index (χ1) is 5.74. The zero-order valence-corrected chi connectivity index (χ0v) is 8.17. The van der Waals surface area contributed by atoms with Gasteiger partial charge in [0.1, 0.15) is 5.33 Å². The molecule has 0 atom stereocenters. The van der Waals surface area contributed by atoms with Gasteiger partial charge in [-0.05, 0) is 19.1 Å². The SMILES string of the molecule is Cc1ncccc1OC(=O)CBr. The van der Waals surface area contributed by atoms with Crippen molar-refractivity contribution in [3.05, 3.63) is 24.0 Å². The zero-order chi connectivity index (χ0) is 8.97. The fourth-order valence-corrected chi connectivity index (χ4v) is 0.842. The van der Waals surface area contributed by atoms with Gasteiger partial charge in [-0.2, -0.15) is 0 Å². The molecule has 0 spiro atoms. The van der Waals surface area contributed by atoms with Gasteiger partial charge in [-0.25, -0.2) is 0 Å². The van der Waals surface area contributed by atoms with Crippen molar-refractivity contribution in [1.29, 1.82) is 0 Å². The van der Waals surface area contributed by atoms with Crippen molar-refractivity contribution < 1.29 is 9.53 Å². The van der Waals surface area contributed by atoms with Gasteiger partial charge >= 0.3 is 5.97 Å². The van der Waals surface area contributed by atoms with Crippen LogP contribution in [-0.2, 0) is 4.79 Å². The van der Waals surface area contributed by atoms with Crippen LogP contribution in [-0.4, -0.2) is 16.3 Å². The van der Waals surface area contributed by atoms with Crippen molar-refractivity contribution in [3.63, 3.8) is 0 Å². The molecule has 0 saturated heterocycles. The molecule has 64 valence electrons. The van der Waals surface area contributed by atoms with Crippen molar-refractivity contribution in [3.8, 4) is 5.75 Å². The van der Waals surface area contributed by atoms with Gasteiger partial charge in [-0.1, -0.05) is 15.9 Å². The zero-order valence-electron chi connectivity index (χ0n) is 6.58. The summed E-state index contributed by atoms with van der Waals surface area (Å²) in [6, 6.07) is 3.44. The standard InChI is InChI=1S/C8H8BrNO2/c1-6-7(3-2-4-10-6)12-8(11)5-9/h2-4H,5H2,1H3. The van der Waals surface area contributed by atoms with Crippen LogP contribution in [0.4, 0.5) is 0 Å². The van der Waals surface area contributed by atoms with E-state index in [0.29, 0.717) is 11.4 Å². The van der Waals surface area contributed by atoms with Gasteiger partial charge in [0, 0.05) is 6.20 Å². The number of pyridine rings is 1. The summed E-state index contributed by atoms with van der Waals surface area (Å²) in [4.78, 5) is 14.8. The summed E-state index contributed by atoms with van der Waals surface area (Å²) >= 11 is 3.00. The van der Waals surface area contributed by atoms with Gasteiger partial charge in [-0.3, -0.25) is 9.78 Å². The van der Waals surface area contributed by atoms with Crippen LogP contribution in [0.2, 0.25) is 0 Å². The summed E-state index contributed by atoms with van der Waals surface area (Å²) in [5.41, 5.74) is 0.715. The molecular formula is C8H8BrNO2. The maximum Gasteiger partial charge on any atom is 0.322 e. The predicted molar refractivity (Wildman–Crippen MR) is 48.4 cm³/mol. The number of rotatable bonds is 2. The van der Waals surface area contributed by atoms with Gasteiger partial charge < -0.3 is 4.74 Å². The summed E-state index contributed by atoms with van der Waals surface area (Å²) in [5.74, 6) is 0.202. The normalized spacial score (nSPS) is 9.50. The highest BCUT2D eigenvalue weighted by Gasteiger charge is 2.04. The number of esters is 1. The van der Waals surface area contributed by atoms with Crippen LogP contribution >= 0.6 is 15.9 Å². The van der Waals surface area contributed by atoms with E-state index < -0.39 is 0 Å². The minimum absolute atomic E-state index is 0.196. The van der Waals surface area contributed by atoms with Crippen molar-refractivity contribution in [2.75, 3.05) is 5.33 Å².